The zero-order valence-corrected chi connectivity index (χ0v) is 20.4. The van der Waals surface area contributed by atoms with Gasteiger partial charge in [0.25, 0.3) is 0 Å². The van der Waals surface area contributed by atoms with Crippen LogP contribution in [0, 0.1) is 40.9 Å². The molecule has 3 saturated carbocycles. The Labute approximate surface area is 185 Å². The highest BCUT2D eigenvalue weighted by molar-refractivity contribution is 5.22. The molecule has 3 fully saturated rings. The van der Waals surface area contributed by atoms with E-state index in [4.69, 9.17) is 0 Å². The first kappa shape index (κ1) is 22.8. The van der Waals surface area contributed by atoms with Gasteiger partial charge in [-0.15, -0.1) is 0 Å². The highest BCUT2D eigenvalue weighted by Gasteiger charge is 2.57. The fourth-order valence-electron chi connectivity index (χ4n) is 8.70. The maximum atomic E-state index is 10.9. The normalized spacial score (nSPS) is 44.6. The van der Waals surface area contributed by atoms with Crippen molar-refractivity contribution in [2.24, 2.45) is 40.9 Å². The van der Waals surface area contributed by atoms with E-state index in [1.807, 2.05) is 13.8 Å². The molecule has 0 aliphatic heterocycles. The highest BCUT2D eigenvalue weighted by atomic mass is 16.3. The number of hydrogen-bond acceptors (Lipinski definition) is 2. The van der Waals surface area contributed by atoms with Crippen LogP contribution in [-0.2, 0) is 0 Å². The maximum absolute atomic E-state index is 10.9. The van der Waals surface area contributed by atoms with Gasteiger partial charge in [-0.1, -0.05) is 45.3 Å². The van der Waals surface area contributed by atoms with Gasteiger partial charge in [0.15, 0.2) is 0 Å². The third-order valence-corrected chi connectivity index (χ3v) is 10.5. The van der Waals surface area contributed by atoms with Crippen molar-refractivity contribution in [3.63, 3.8) is 0 Å². The minimum Gasteiger partial charge on any atom is -0.390 e. The van der Waals surface area contributed by atoms with E-state index >= 15 is 0 Å². The number of fused-ring (bicyclic) bond motifs is 5. The van der Waals surface area contributed by atoms with Crippen molar-refractivity contribution in [3.05, 3.63) is 11.6 Å². The maximum Gasteiger partial charge on any atom is 0.0682 e. The predicted molar refractivity (Wildman–Crippen MR) is 125 cm³/mol. The molecule has 4 aliphatic rings. The summed E-state index contributed by atoms with van der Waals surface area (Å²) in [5, 5.41) is 21.0. The molecule has 0 spiro atoms. The van der Waals surface area contributed by atoms with E-state index in [1.165, 1.54) is 44.9 Å². The average molecular weight is 417 g/mol. The van der Waals surface area contributed by atoms with Crippen LogP contribution in [-0.4, -0.2) is 21.4 Å². The Bertz CT molecular complexity index is 646. The Hall–Kier alpha value is -0.340. The molecule has 4 rings (SSSR count). The van der Waals surface area contributed by atoms with Crippen LogP contribution in [0.3, 0.4) is 0 Å². The molecule has 0 saturated heterocycles. The van der Waals surface area contributed by atoms with Gasteiger partial charge in [0, 0.05) is 0 Å². The van der Waals surface area contributed by atoms with Crippen LogP contribution in [0.4, 0.5) is 0 Å². The van der Waals surface area contributed by atoms with E-state index in [2.05, 4.69) is 26.8 Å². The van der Waals surface area contributed by atoms with E-state index < -0.39 is 11.2 Å². The Kier molecular flexibility index (Phi) is 6.26. The van der Waals surface area contributed by atoms with Crippen molar-refractivity contribution in [1.29, 1.82) is 0 Å². The molecule has 4 aliphatic carbocycles. The van der Waals surface area contributed by atoms with Gasteiger partial charge in [-0.3, -0.25) is 0 Å². The van der Waals surface area contributed by atoms with Gasteiger partial charge in [0.05, 0.1) is 11.2 Å². The van der Waals surface area contributed by atoms with Crippen molar-refractivity contribution in [1.82, 2.24) is 0 Å². The molecule has 0 amide bonds. The lowest BCUT2D eigenvalue weighted by Crippen LogP contribution is -2.48. The summed E-state index contributed by atoms with van der Waals surface area (Å²) < 4.78 is 0. The smallest absolute Gasteiger partial charge is 0.0682 e. The number of rotatable bonds is 6. The van der Waals surface area contributed by atoms with Gasteiger partial charge in [-0.2, -0.15) is 0 Å². The molecular formula is C28H48O2. The monoisotopic (exact) mass is 416 g/mol. The Balaban J connectivity index is 1.44. The zero-order valence-electron chi connectivity index (χ0n) is 20.4. The first-order valence-corrected chi connectivity index (χ1v) is 13.2. The molecule has 8 atom stereocenters. The average Bonchev–Trinajstić information content (AvgIpc) is 3.04. The summed E-state index contributed by atoms with van der Waals surface area (Å²) in [4.78, 5) is 0. The second-order valence-corrected chi connectivity index (χ2v) is 12.8. The van der Waals surface area contributed by atoms with Gasteiger partial charge in [-0.25, -0.2) is 0 Å². The highest BCUT2D eigenvalue weighted by Crippen LogP contribution is 2.65. The zero-order chi connectivity index (χ0) is 21.7. The first-order valence-electron chi connectivity index (χ1n) is 13.2. The molecule has 30 heavy (non-hydrogen) atoms. The van der Waals surface area contributed by atoms with Gasteiger partial charge in [0.1, 0.15) is 0 Å². The van der Waals surface area contributed by atoms with E-state index in [-0.39, 0.29) is 0 Å². The second kappa shape index (κ2) is 8.22. The van der Waals surface area contributed by atoms with Crippen LogP contribution in [0.15, 0.2) is 11.6 Å². The standard InChI is InChI=1S/C28H48O2/c1-6-28(30)17-14-21-20(18-28)9-10-23-22(21)13-16-27(5)24(11-12-25(23)27)19(2)8-7-15-26(3,4)29/h9,19,21-25,29-30H,6-8,10-18H2,1-5H3/t19-,21+,22-,23-,24-,25+,27-,28+/m1/s1. The summed E-state index contributed by atoms with van der Waals surface area (Å²) in [5.41, 5.74) is 1.20. The Morgan fingerprint density at radius 1 is 1.13 bits per heavy atom. The molecule has 0 heterocycles. The summed E-state index contributed by atoms with van der Waals surface area (Å²) in [6.07, 6.45) is 17.0. The molecule has 2 nitrogen and oxygen atoms in total. The van der Waals surface area contributed by atoms with E-state index in [0.717, 1.165) is 67.6 Å². The molecule has 0 aromatic heterocycles. The molecule has 0 unspecified atom stereocenters. The van der Waals surface area contributed by atoms with Gasteiger partial charge in [-0.05, 0) is 119 Å². The minimum absolute atomic E-state index is 0.421. The van der Waals surface area contributed by atoms with Gasteiger partial charge in [0.2, 0.25) is 0 Å². The van der Waals surface area contributed by atoms with E-state index in [9.17, 15) is 10.2 Å². The van der Waals surface area contributed by atoms with Crippen molar-refractivity contribution >= 4 is 0 Å². The van der Waals surface area contributed by atoms with Crippen LogP contribution in [0.5, 0.6) is 0 Å². The van der Waals surface area contributed by atoms with E-state index in [1.54, 1.807) is 5.57 Å². The SMILES string of the molecule is CC[C@]1(O)CC[C@H]2C(=CC[C@@H]3[C@@H]2CC[C@]2(C)[C@@H]([C@H](C)CCCC(C)(C)O)CC[C@@H]32)C1. The molecule has 2 N–H and O–H groups in total. The van der Waals surface area contributed by atoms with Crippen LogP contribution in [0.1, 0.15) is 112 Å². The Morgan fingerprint density at radius 2 is 1.90 bits per heavy atom. The van der Waals surface area contributed by atoms with Crippen LogP contribution < -0.4 is 0 Å². The topological polar surface area (TPSA) is 40.5 Å². The van der Waals surface area contributed by atoms with Gasteiger partial charge < -0.3 is 10.2 Å². The molecule has 2 heteroatoms. The summed E-state index contributed by atoms with van der Waals surface area (Å²) in [6, 6.07) is 0. The number of hydrogen-bond donors (Lipinski definition) is 2. The molecule has 0 aromatic carbocycles. The third kappa shape index (κ3) is 4.17. The summed E-state index contributed by atoms with van der Waals surface area (Å²) in [7, 11) is 0. The molecular weight excluding hydrogens is 368 g/mol. The molecule has 172 valence electrons. The van der Waals surface area contributed by atoms with Crippen molar-refractivity contribution in [3.8, 4) is 0 Å². The van der Waals surface area contributed by atoms with Crippen LogP contribution >= 0.6 is 0 Å². The summed E-state index contributed by atoms with van der Waals surface area (Å²) in [5.74, 6) is 5.09. The first-order chi connectivity index (χ1) is 14.1. The second-order valence-electron chi connectivity index (χ2n) is 12.8. The lowest BCUT2D eigenvalue weighted by Gasteiger charge is -2.55. The number of aliphatic hydroxyl groups is 2. The minimum atomic E-state index is -0.518. The van der Waals surface area contributed by atoms with Crippen LogP contribution in [0.25, 0.3) is 0 Å². The lowest BCUT2D eigenvalue weighted by molar-refractivity contribution is -0.0463. The molecule has 0 aromatic rings. The fraction of sp³-hybridized carbons (Fsp3) is 0.929. The predicted octanol–water partition coefficient (Wildman–Crippen LogP) is 6.89. The molecule has 0 bridgehead atoms. The van der Waals surface area contributed by atoms with Crippen molar-refractivity contribution in [2.45, 2.75) is 123 Å². The summed E-state index contributed by atoms with van der Waals surface area (Å²) in [6.45, 7) is 11.2. The van der Waals surface area contributed by atoms with Gasteiger partial charge >= 0.3 is 0 Å². The third-order valence-electron chi connectivity index (χ3n) is 10.5. The van der Waals surface area contributed by atoms with Crippen molar-refractivity contribution in [2.75, 3.05) is 0 Å². The quantitative estimate of drug-likeness (QED) is 0.463. The Morgan fingerprint density at radius 3 is 2.60 bits per heavy atom. The number of allylic oxidation sites excluding steroid dienone is 1. The van der Waals surface area contributed by atoms with Crippen molar-refractivity contribution < 1.29 is 10.2 Å². The fourth-order valence-corrected chi connectivity index (χ4v) is 8.70. The molecule has 0 radical (unpaired) electrons. The summed E-state index contributed by atoms with van der Waals surface area (Å²) >= 11 is 0. The largest absolute Gasteiger partial charge is 0.390 e. The van der Waals surface area contributed by atoms with Crippen LogP contribution in [0.2, 0.25) is 0 Å². The lowest BCUT2D eigenvalue weighted by atomic mass is 9.50. The van der Waals surface area contributed by atoms with E-state index in [0.29, 0.717) is 5.41 Å².